The number of anilines is 1. The molecule has 0 aromatic carbocycles. The van der Waals surface area contributed by atoms with Gasteiger partial charge in [0.1, 0.15) is 5.82 Å². The molecule has 0 saturated heterocycles. The molecule has 5 heteroatoms. The lowest BCUT2D eigenvalue weighted by molar-refractivity contribution is 0.703. The van der Waals surface area contributed by atoms with Gasteiger partial charge >= 0.3 is 0 Å². The van der Waals surface area contributed by atoms with Crippen molar-refractivity contribution in [1.82, 2.24) is 15.6 Å². The van der Waals surface area contributed by atoms with Gasteiger partial charge in [0, 0.05) is 32.4 Å². The molecular formula is C15H25N5. The minimum atomic E-state index is 0.618. The molecule has 1 aromatic rings. The number of pyridine rings is 1. The average molecular weight is 275 g/mol. The predicted molar refractivity (Wildman–Crippen MR) is 84.0 cm³/mol. The van der Waals surface area contributed by atoms with Gasteiger partial charge in [0.2, 0.25) is 0 Å². The van der Waals surface area contributed by atoms with Crippen LogP contribution in [0.25, 0.3) is 0 Å². The molecule has 3 N–H and O–H groups in total. The van der Waals surface area contributed by atoms with E-state index in [9.17, 15) is 0 Å². The van der Waals surface area contributed by atoms with Crippen LogP contribution in [0.2, 0.25) is 0 Å². The number of hydrogen-bond donors (Lipinski definition) is 3. The third-order valence-electron chi connectivity index (χ3n) is 3.52. The molecule has 5 nitrogen and oxygen atoms in total. The Balaban J connectivity index is 1.50. The molecule has 0 radical (unpaired) electrons. The van der Waals surface area contributed by atoms with Gasteiger partial charge in [-0.25, -0.2) is 4.98 Å². The molecule has 1 fully saturated rings. The van der Waals surface area contributed by atoms with Gasteiger partial charge in [0.05, 0.1) is 0 Å². The maximum atomic E-state index is 4.24. The molecule has 2 rings (SSSR count). The van der Waals surface area contributed by atoms with Gasteiger partial charge in [-0.15, -0.1) is 0 Å². The van der Waals surface area contributed by atoms with E-state index >= 15 is 0 Å². The van der Waals surface area contributed by atoms with Crippen LogP contribution in [0, 0.1) is 5.92 Å². The Labute approximate surface area is 121 Å². The SMILES string of the molecule is CN=C(NCCCCNc1ccccn1)NC1CC1C. The zero-order valence-electron chi connectivity index (χ0n) is 12.4. The fraction of sp³-hybridized carbons (Fsp3) is 0.600. The summed E-state index contributed by atoms with van der Waals surface area (Å²) in [4.78, 5) is 8.47. The lowest BCUT2D eigenvalue weighted by Crippen LogP contribution is -2.39. The molecule has 0 amide bonds. The average Bonchev–Trinajstić information content (AvgIpc) is 3.17. The standard InChI is InChI=1S/C15H25N5/c1-12-11-13(12)20-15(16-2)19-10-6-5-9-18-14-7-3-4-8-17-14/h3-4,7-8,12-13H,5-6,9-11H2,1-2H3,(H,17,18)(H2,16,19,20). The Morgan fingerprint density at radius 1 is 1.35 bits per heavy atom. The van der Waals surface area contributed by atoms with E-state index in [2.05, 4.69) is 32.9 Å². The first-order chi connectivity index (χ1) is 9.79. The predicted octanol–water partition coefficient (Wildman–Crippen LogP) is 1.85. The lowest BCUT2D eigenvalue weighted by atomic mass is 10.3. The summed E-state index contributed by atoms with van der Waals surface area (Å²) in [5, 5.41) is 10.1. The van der Waals surface area contributed by atoms with Crippen molar-refractivity contribution in [3.8, 4) is 0 Å². The topological polar surface area (TPSA) is 61.3 Å². The van der Waals surface area contributed by atoms with Gasteiger partial charge in [-0.05, 0) is 37.3 Å². The molecule has 110 valence electrons. The summed E-state index contributed by atoms with van der Waals surface area (Å²) in [5.74, 6) is 2.66. The maximum absolute atomic E-state index is 4.24. The molecule has 0 bridgehead atoms. The van der Waals surface area contributed by atoms with Crippen molar-refractivity contribution >= 4 is 11.8 Å². The highest BCUT2D eigenvalue weighted by Gasteiger charge is 2.32. The highest BCUT2D eigenvalue weighted by atomic mass is 15.2. The minimum Gasteiger partial charge on any atom is -0.370 e. The molecule has 2 unspecified atom stereocenters. The Kier molecular flexibility index (Phi) is 5.65. The van der Waals surface area contributed by atoms with Crippen LogP contribution < -0.4 is 16.0 Å². The second kappa shape index (κ2) is 7.72. The van der Waals surface area contributed by atoms with Gasteiger partial charge in [0.15, 0.2) is 5.96 Å². The van der Waals surface area contributed by atoms with Gasteiger partial charge in [-0.2, -0.15) is 0 Å². The number of unbranched alkanes of at least 4 members (excludes halogenated alkanes) is 1. The van der Waals surface area contributed by atoms with Crippen molar-refractivity contribution in [1.29, 1.82) is 0 Å². The molecule has 1 aliphatic carbocycles. The van der Waals surface area contributed by atoms with Crippen molar-refractivity contribution in [2.75, 3.05) is 25.5 Å². The van der Waals surface area contributed by atoms with Crippen LogP contribution in [-0.4, -0.2) is 37.1 Å². The Morgan fingerprint density at radius 2 is 2.15 bits per heavy atom. The molecule has 2 atom stereocenters. The normalized spacial score (nSPS) is 21.4. The largest absolute Gasteiger partial charge is 0.370 e. The fourth-order valence-electron chi connectivity index (χ4n) is 2.03. The third kappa shape index (κ3) is 5.07. The first kappa shape index (κ1) is 14.6. The number of aromatic nitrogens is 1. The van der Waals surface area contributed by atoms with E-state index in [-0.39, 0.29) is 0 Å². The van der Waals surface area contributed by atoms with E-state index in [1.165, 1.54) is 6.42 Å². The van der Waals surface area contributed by atoms with Crippen LogP contribution in [0.5, 0.6) is 0 Å². The second-order valence-corrected chi connectivity index (χ2v) is 5.31. The molecule has 0 spiro atoms. The molecule has 1 saturated carbocycles. The number of nitrogens with one attached hydrogen (secondary N) is 3. The molecule has 0 aliphatic heterocycles. The maximum Gasteiger partial charge on any atom is 0.191 e. The summed E-state index contributed by atoms with van der Waals surface area (Å²) in [6.07, 6.45) is 5.29. The first-order valence-electron chi connectivity index (χ1n) is 7.41. The third-order valence-corrected chi connectivity index (χ3v) is 3.52. The van der Waals surface area contributed by atoms with Crippen molar-refractivity contribution in [2.45, 2.75) is 32.2 Å². The number of rotatable bonds is 7. The lowest BCUT2D eigenvalue weighted by Gasteiger charge is -2.11. The smallest absolute Gasteiger partial charge is 0.191 e. The Morgan fingerprint density at radius 3 is 2.80 bits per heavy atom. The molecule has 1 heterocycles. The van der Waals surface area contributed by atoms with E-state index in [0.29, 0.717) is 6.04 Å². The number of guanidine groups is 1. The zero-order chi connectivity index (χ0) is 14.2. The summed E-state index contributed by atoms with van der Waals surface area (Å²) in [7, 11) is 1.82. The second-order valence-electron chi connectivity index (χ2n) is 5.31. The zero-order valence-corrected chi connectivity index (χ0v) is 12.4. The monoisotopic (exact) mass is 275 g/mol. The quantitative estimate of drug-likeness (QED) is 0.404. The molecule has 1 aliphatic rings. The van der Waals surface area contributed by atoms with Crippen LogP contribution >= 0.6 is 0 Å². The highest BCUT2D eigenvalue weighted by molar-refractivity contribution is 5.80. The summed E-state index contributed by atoms with van der Waals surface area (Å²) >= 11 is 0. The molecular weight excluding hydrogens is 250 g/mol. The molecule has 20 heavy (non-hydrogen) atoms. The van der Waals surface area contributed by atoms with Gasteiger partial charge in [0.25, 0.3) is 0 Å². The van der Waals surface area contributed by atoms with Crippen molar-refractivity contribution < 1.29 is 0 Å². The summed E-state index contributed by atoms with van der Waals surface area (Å²) < 4.78 is 0. The minimum absolute atomic E-state index is 0.618. The molecule has 1 aromatic heterocycles. The van der Waals surface area contributed by atoms with Crippen molar-refractivity contribution in [3.63, 3.8) is 0 Å². The van der Waals surface area contributed by atoms with E-state index in [1.807, 2.05) is 25.2 Å². The van der Waals surface area contributed by atoms with E-state index in [0.717, 1.165) is 43.6 Å². The van der Waals surface area contributed by atoms with Crippen LogP contribution in [0.4, 0.5) is 5.82 Å². The number of nitrogens with zero attached hydrogens (tertiary/aromatic N) is 2. The number of aliphatic imine (C=N–C) groups is 1. The summed E-state index contributed by atoms with van der Waals surface area (Å²) in [6, 6.07) is 6.52. The van der Waals surface area contributed by atoms with Crippen LogP contribution in [0.15, 0.2) is 29.4 Å². The fourth-order valence-corrected chi connectivity index (χ4v) is 2.03. The summed E-state index contributed by atoms with van der Waals surface area (Å²) in [6.45, 7) is 4.16. The van der Waals surface area contributed by atoms with Gasteiger partial charge < -0.3 is 16.0 Å². The Hall–Kier alpha value is -1.78. The van der Waals surface area contributed by atoms with Crippen LogP contribution in [0.3, 0.4) is 0 Å². The van der Waals surface area contributed by atoms with E-state index in [4.69, 9.17) is 0 Å². The van der Waals surface area contributed by atoms with Crippen LogP contribution in [-0.2, 0) is 0 Å². The van der Waals surface area contributed by atoms with Gasteiger partial charge in [-0.1, -0.05) is 13.0 Å². The first-order valence-corrected chi connectivity index (χ1v) is 7.41. The van der Waals surface area contributed by atoms with Crippen LogP contribution in [0.1, 0.15) is 26.2 Å². The van der Waals surface area contributed by atoms with Crippen molar-refractivity contribution in [3.05, 3.63) is 24.4 Å². The van der Waals surface area contributed by atoms with Gasteiger partial charge in [-0.3, -0.25) is 4.99 Å². The van der Waals surface area contributed by atoms with E-state index in [1.54, 1.807) is 6.20 Å². The Bertz CT molecular complexity index is 418. The number of hydrogen-bond acceptors (Lipinski definition) is 3. The summed E-state index contributed by atoms with van der Waals surface area (Å²) in [5.41, 5.74) is 0. The van der Waals surface area contributed by atoms with Crippen molar-refractivity contribution in [2.24, 2.45) is 10.9 Å². The van der Waals surface area contributed by atoms with E-state index < -0.39 is 0 Å². The highest BCUT2D eigenvalue weighted by Crippen LogP contribution is 2.28.